The minimum atomic E-state index is -0.942. The third kappa shape index (κ3) is 4.44. The van der Waals surface area contributed by atoms with Crippen LogP contribution < -0.4 is 16.0 Å². The molecule has 1 saturated carbocycles. The fraction of sp³-hybridized carbons (Fsp3) is 0.333. The van der Waals surface area contributed by atoms with Crippen LogP contribution in [0.2, 0.25) is 0 Å². The molecule has 1 heterocycles. The van der Waals surface area contributed by atoms with Gasteiger partial charge >= 0.3 is 6.03 Å². The highest BCUT2D eigenvalue weighted by atomic mass is 19.1. The largest absolute Gasteiger partial charge is 0.325 e. The van der Waals surface area contributed by atoms with Crippen LogP contribution in [0.25, 0.3) is 0 Å². The summed E-state index contributed by atoms with van der Waals surface area (Å²) in [5.74, 6) is -1.90. The molecule has 0 radical (unpaired) electrons. The van der Waals surface area contributed by atoms with Gasteiger partial charge in [-0.3, -0.25) is 19.3 Å². The van der Waals surface area contributed by atoms with E-state index in [4.69, 9.17) is 0 Å². The molecule has 8 nitrogen and oxygen atoms in total. The Hall–Kier alpha value is -3.75. The lowest BCUT2D eigenvalue weighted by Gasteiger charge is -2.36. The molecule has 0 aromatic heterocycles. The Morgan fingerprint density at radius 3 is 2.55 bits per heavy atom. The highest BCUT2D eigenvalue weighted by molar-refractivity contribution is 6.12. The van der Waals surface area contributed by atoms with Gasteiger partial charge < -0.3 is 16.0 Å². The van der Waals surface area contributed by atoms with Crippen molar-refractivity contribution >= 4 is 35.1 Å². The molecule has 33 heavy (non-hydrogen) atoms. The fourth-order valence-corrected chi connectivity index (χ4v) is 4.49. The van der Waals surface area contributed by atoms with Crippen LogP contribution in [-0.4, -0.2) is 40.7 Å². The summed E-state index contributed by atoms with van der Waals surface area (Å²) in [4.78, 5) is 52.0. The van der Waals surface area contributed by atoms with Crippen molar-refractivity contribution in [2.75, 3.05) is 17.2 Å². The van der Waals surface area contributed by atoms with Gasteiger partial charge in [-0.2, -0.15) is 0 Å². The van der Waals surface area contributed by atoms with E-state index in [0.717, 1.165) is 24.2 Å². The first kappa shape index (κ1) is 22.4. The summed E-state index contributed by atoms with van der Waals surface area (Å²) in [7, 11) is 0. The van der Waals surface area contributed by atoms with E-state index in [0.29, 0.717) is 12.1 Å². The highest BCUT2D eigenvalue weighted by Crippen LogP contribution is 2.38. The monoisotopic (exact) mass is 452 g/mol. The first-order chi connectivity index (χ1) is 15.8. The molecule has 9 heteroatoms. The van der Waals surface area contributed by atoms with Gasteiger partial charge in [-0.25, -0.2) is 9.18 Å². The quantitative estimate of drug-likeness (QED) is 0.604. The molecule has 2 aliphatic rings. The Morgan fingerprint density at radius 1 is 1.09 bits per heavy atom. The first-order valence-corrected chi connectivity index (χ1v) is 10.9. The number of urea groups is 1. The summed E-state index contributed by atoms with van der Waals surface area (Å²) in [5.41, 5.74) is -0.129. The van der Waals surface area contributed by atoms with Gasteiger partial charge in [0.15, 0.2) is 0 Å². The van der Waals surface area contributed by atoms with E-state index in [1.165, 1.54) is 30.3 Å². The lowest BCUT2D eigenvalue weighted by Crippen LogP contribution is -2.54. The Bertz CT molecular complexity index is 1100. The maximum Gasteiger partial charge on any atom is 0.325 e. The van der Waals surface area contributed by atoms with Gasteiger partial charge in [-0.15, -0.1) is 0 Å². The molecule has 2 aromatic rings. The molecule has 1 aliphatic heterocycles. The summed E-state index contributed by atoms with van der Waals surface area (Å²) in [5, 5.41) is 8.08. The average Bonchev–Trinajstić information content (AvgIpc) is 3.02. The number of para-hydroxylation sites is 1. The molecule has 4 rings (SSSR count). The molecular formula is C24H25FN4O4. The van der Waals surface area contributed by atoms with Crippen LogP contribution in [0, 0.1) is 11.7 Å². The zero-order valence-corrected chi connectivity index (χ0v) is 18.2. The third-order valence-electron chi connectivity index (χ3n) is 6.35. The molecule has 2 atom stereocenters. The van der Waals surface area contributed by atoms with Gasteiger partial charge in [0.1, 0.15) is 17.9 Å². The molecule has 5 amide bonds. The summed E-state index contributed by atoms with van der Waals surface area (Å²) < 4.78 is 13.1. The number of imide groups is 1. The van der Waals surface area contributed by atoms with Gasteiger partial charge in [0.05, 0.1) is 11.3 Å². The SMILES string of the molecule is C[C@H]1CCCC[C@]12NC(=O)N(CC(=O)Nc1ccccc1C(=O)Nc1ccc(F)cc1)C2=O. The van der Waals surface area contributed by atoms with Crippen molar-refractivity contribution < 1.29 is 23.6 Å². The molecule has 0 unspecified atom stereocenters. The number of carbonyl (C=O) groups is 4. The van der Waals surface area contributed by atoms with Crippen LogP contribution in [0.1, 0.15) is 43.0 Å². The second-order valence-corrected chi connectivity index (χ2v) is 8.49. The van der Waals surface area contributed by atoms with Crippen molar-refractivity contribution in [3.8, 4) is 0 Å². The number of hydrogen-bond donors (Lipinski definition) is 3. The van der Waals surface area contributed by atoms with Crippen molar-refractivity contribution in [1.29, 1.82) is 0 Å². The van der Waals surface area contributed by atoms with E-state index in [1.807, 2.05) is 6.92 Å². The van der Waals surface area contributed by atoms with E-state index in [-0.39, 0.29) is 23.1 Å². The smallest absolute Gasteiger partial charge is 0.324 e. The molecule has 2 aromatic carbocycles. The Morgan fingerprint density at radius 2 is 1.82 bits per heavy atom. The number of carbonyl (C=O) groups excluding carboxylic acids is 4. The normalized spacial score (nSPS) is 22.2. The molecular weight excluding hydrogens is 427 g/mol. The maximum absolute atomic E-state index is 13.1. The van der Waals surface area contributed by atoms with E-state index < -0.39 is 35.7 Å². The molecule has 0 bridgehead atoms. The Labute approximate surface area is 190 Å². The predicted octanol–water partition coefficient (Wildman–Crippen LogP) is 3.52. The number of hydrogen-bond acceptors (Lipinski definition) is 4. The Balaban J connectivity index is 1.45. The van der Waals surface area contributed by atoms with Crippen LogP contribution in [0.5, 0.6) is 0 Å². The number of amides is 5. The van der Waals surface area contributed by atoms with Crippen molar-refractivity contribution in [2.45, 2.75) is 38.1 Å². The molecule has 3 N–H and O–H groups in total. The van der Waals surface area contributed by atoms with Gasteiger partial charge in [0, 0.05) is 5.69 Å². The second-order valence-electron chi connectivity index (χ2n) is 8.49. The molecule has 172 valence electrons. The van der Waals surface area contributed by atoms with Crippen molar-refractivity contribution in [1.82, 2.24) is 10.2 Å². The molecule has 1 aliphatic carbocycles. The van der Waals surface area contributed by atoms with E-state index in [1.54, 1.807) is 18.2 Å². The molecule has 2 fully saturated rings. The van der Waals surface area contributed by atoms with Gasteiger partial charge in [0.2, 0.25) is 5.91 Å². The second kappa shape index (κ2) is 9.01. The predicted molar refractivity (Wildman–Crippen MR) is 120 cm³/mol. The number of nitrogens with one attached hydrogen (secondary N) is 3. The van der Waals surface area contributed by atoms with Gasteiger partial charge in [-0.1, -0.05) is 31.9 Å². The first-order valence-electron chi connectivity index (χ1n) is 10.9. The summed E-state index contributed by atoms with van der Waals surface area (Å²) in [6.45, 7) is 1.49. The topological polar surface area (TPSA) is 108 Å². The number of rotatable bonds is 5. The summed E-state index contributed by atoms with van der Waals surface area (Å²) >= 11 is 0. The maximum atomic E-state index is 13.1. The third-order valence-corrected chi connectivity index (χ3v) is 6.35. The Kier molecular flexibility index (Phi) is 6.13. The van der Waals surface area contributed by atoms with Gasteiger partial charge in [-0.05, 0) is 55.2 Å². The van der Waals surface area contributed by atoms with Crippen molar-refractivity contribution in [3.05, 3.63) is 59.9 Å². The number of benzene rings is 2. The van der Waals surface area contributed by atoms with Crippen molar-refractivity contribution in [2.24, 2.45) is 5.92 Å². The van der Waals surface area contributed by atoms with Crippen LogP contribution in [-0.2, 0) is 9.59 Å². The zero-order valence-electron chi connectivity index (χ0n) is 18.2. The van der Waals surface area contributed by atoms with E-state index in [2.05, 4.69) is 16.0 Å². The van der Waals surface area contributed by atoms with Crippen LogP contribution >= 0.6 is 0 Å². The molecule has 1 saturated heterocycles. The minimum absolute atomic E-state index is 0.00774. The van der Waals surface area contributed by atoms with Crippen LogP contribution in [0.4, 0.5) is 20.6 Å². The number of nitrogens with zero attached hydrogens (tertiary/aromatic N) is 1. The summed E-state index contributed by atoms with van der Waals surface area (Å²) in [6.07, 6.45) is 3.24. The van der Waals surface area contributed by atoms with Gasteiger partial charge in [0.25, 0.3) is 11.8 Å². The standard InChI is InChI=1S/C24H25FN4O4/c1-15-6-4-5-13-24(15)22(32)29(23(33)28-24)14-20(30)27-19-8-3-2-7-18(19)21(31)26-17-11-9-16(25)10-12-17/h2-3,7-12,15H,4-6,13-14H2,1H3,(H,26,31)(H,27,30)(H,28,33)/t15-,24-/m0/s1. The van der Waals surface area contributed by atoms with Crippen LogP contribution in [0.15, 0.2) is 48.5 Å². The van der Waals surface area contributed by atoms with Crippen LogP contribution in [0.3, 0.4) is 0 Å². The summed E-state index contributed by atoms with van der Waals surface area (Å²) in [6, 6.07) is 11.1. The molecule has 1 spiro atoms. The minimum Gasteiger partial charge on any atom is -0.324 e. The fourth-order valence-electron chi connectivity index (χ4n) is 4.49. The number of halogens is 1. The average molecular weight is 452 g/mol. The van der Waals surface area contributed by atoms with Crippen molar-refractivity contribution in [3.63, 3.8) is 0 Å². The van der Waals surface area contributed by atoms with E-state index >= 15 is 0 Å². The zero-order chi connectivity index (χ0) is 23.6. The highest BCUT2D eigenvalue weighted by Gasteiger charge is 2.55. The lowest BCUT2D eigenvalue weighted by atomic mass is 9.73. The lowest BCUT2D eigenvalue weighted by molar-refractivity contribution is -0.136. The van der Waals surface area contributed by atoms with E-state index in [9.17, 15) is 23.6 Å². The number of anilines is 2.